The molecule has 0 spiro atoms. The van der Waals surface area contributed by atoms with Crippen LogP contribution in [0.2, 0.25) is 0 Å². The van der Waals surface area contributed by atoms with Gasteiger partial charge in [-0.05, 0) is 19.4 Å². The largest absolute Gasteiger partial charge is 0.337 e. The summed E-state index contributed by atoms with van der Waals surface area (Å²) in [4.78, 5) is 26.6. The Bertz CT molecular complexity index is 280. The third-order valence-electron chi connectivity index (χ3n) is 3.17. The van der Waals surface area contributed by atoms with Crippen molar-refractivity contribution in [3.8, 4) is 0 Å². The summed E-state index contributed by atoms with van der Waals surface area (Å²) in [5.41, 5.74) is 0. The second-order valence-electron chi connectivity index (χ2n) is 4.61. The number of halogens is 1. The molecule has 106 valence electrons. The van der Waals surface area contributed by atoms with Crippen molar-refractivity contribution in [1.29, 1.82) is 0 Å². The molecule has 0 bridgehead atoms. The molecular formula is C12H24ClN3O2. The van der Waals surface area contributed by atoms with Crippen LogP contribution in [-0.2, 0) is 9.59 Å². The number of rotatable bonds is 5. The quantitative estimate of drug-likeness (QED) is 0.796. The van der Waals surface area contributed by atoms with Crippen LogP contribution in [0, 0.1) is 0 Å². The zero-order chi connectivity index (χ0) is 12.8. The topological polar surface area (TPSA) is 52.7 Å². The molecule has 0 aromatic heterocycles. The molecule has 18 heavy (non-hydrogen) atoms. The molecule has 0 saturated carbocycles. The van der Waals surface area contributed by atoms with Gasteiger partial charge in [0.2, 0.25) is 11.8 Å². The number of nitrogens with zero attached hydrogens (tertiary/aromatic N) is 2. The Labute approximate surface area is 115 Å². The van der Waals surface area contributed by atoms with Gasteiger partial charge >= 0.3 is 0 Å². The van der Waals surface area contributed by atoms with Crippen LogP contribution in [0.1, 0.15) is 26.7 Å². The molecule has 1 fully saturated rings. The van der Waals surface area contributed by atoms with Gasteiger partial charge in [0.05, 0.1) is 6.54 Å². The lowest BCUT2D eigenvalue weighted by Gasteiger charge is -2.29. The second kappa shape index (κ2) is 8.32. The Balaban J connectivity index is 0.00000289. The fourth-order valence-corrected chi connectivity index (χ4v) is 2.06. The van der Waals surface area contributed by atoms with Crippen LogP contribution in [0.3, 0.4) is 0 Å². The van der Waals surface area contributed by atoms with Gasteiger partial charge in [-0.1, -0.05) is 6.92 Å². The molecule has 1 aliphatic rings. The minimum Gasteiger partial charge on any atom is -0.337 e. The summed E-state index contributed by atoms with van der Waals surface area (Å²) in [6.07, 6.45) is 1.96. The van der Waals surface area contributed by atoms with Gasteiger partial charge in [-0.2, -0.15) is 0 Å². The van der Waals surface area contributed by atoms with Gasteiger partial charge < -0.3 is 15.1 Å². The molecule has 1 heterocycles. The molecule has 0 aliphatic carbocycles. The molecule has 0 aromatic rings. The highest BCUT2D eigenvalue weighted by Gasteiger charge is 2.26. The zero-order valence-corrected chi connectivity index (χ0v) is 12.3. The molecule has 1 rings (SSSR count). The molecule has 1 aliphatic heterocycles. The molecule has 0 radical (unpaired) electrons. The monoisotopic (exact) mass is 277 g/mol. The molecule has 0 aromatic carbocycles. The maximum atomic E-state index is 12.1. The normalized spacial score (nSPS) is 18.1. The number of nitrogens with one attached hydrogen (secondary N) is 1. The zero-order valence-electron chi connectivity index (χ0n) is 11.4. The first-order chi connectivity index (χ1) is 8.06. The van der Waals surface area contributed by atoms with E-state index < -0.39 is 0 Å². The van der Waals surface area contributed by atoms with Gasteiger partial charge in [0.1, 0.15) is 0 Å². The molecule has 1 saturated heterocycles. The molecule has 5 nitrogen and oxygen atoms in total. The van der Waals surface area contributed by atoms with E-state index in [4.69, 9.17) is 0 Å². The maximum Gasteiger partial charge on any atom is 0.242 e. The minimum absolute atomic E-state index is 0. The molecule has 6 heteroatoms. The summed E-state index contributed by atoms with van der Waals surface area (Å²) in [5, 5.41) is 3.27. The lowest BCUT2D eigenvalue weighted by molar-refractivity contribution is -0.139. The number of likely N-dealkylation sites (N-methyl/N-ethyl adjacent to an activating group) is 1. The first kappa shape index (κ1) is 17.2. The average Bonchev–Trinajstić information content (AvgIpc) is 2.78. The summed E-state index contributed by atoms with van der Waals surface area (Å²) in [6, 6.07) is 0.294. The lowest BCUT2D eigenvalue weighted by atomic mass is 10.2. The summed E-state index contributed by atoms with van der Waals surface area (Å²) in [7, 11) is 1.66. The Kier molecular flexibility index (Phi) is 7.95. The van der Waals surface area contributed by atoms with Gasteiger partial charge in [-0.15, -0.1) is 12.4 Å². The van der Waals surface area contributed by atoms with Crippen molar-refractivity contribution < 1.29 is 9.59 Å². The van der Waals surface area contributed by atoms with Gasteiger partial charge in [-0.3, -0.25) is 9.59 Å². The van der Waals surface area contributed by atoms with E-state index in [0.29, 0.717) is 6.04 Å². The average molecular weight is 278 g/mol. The Hall–Kier alpha value is -0.810. The first-order valence-electron chi connectivity index (χ1n) is 6.28. The molecule has 1 N–H and O–H groups in total. The Morgan fingerprint density at radius 2 is 2.06 bits per heavy atom. The van der Waals surface area contributed by atoms with E-state index >= 15 is 0 Å². The van der Waals surface area contributed by atoms with E-state index in [2.05, 4.69) is 12.2 Å². The highest BCUT2D eigenvalue weighted by molar-refractivity contribution is 5.85. The van der Waals surface area contributed by atoms with Crippen molar-refractivity contribution in [2.24, 2.45) is 0 Å². The highest BCUT2D eigenvalue weighted by atomic mass is 35.5. The lowest BCUT2D eigenvalue weighted by Crippen LogP contribution is -2.46. The summed E-state index contributed by atoms with van der Waals surface area (Å²) < 4.78 is 0. The number of carbonyl (C=O) groups excluding carboxylic acids is 2. The van der Waals surface area contributed by atoms with Crippen molar-refractivity contribution in [3.63, 3.8) is 0 Å². The number of carbonyl (C=O) groups is 2. The van der Waals surface area contributed by atoms with Crippen LogP contribution in [-0.4, -0.2) is 60.9 Å². The molecule has 2 amide bonds. The third kappa shape index (κ3) is 4.82. The van der Waals surface area contributed by atoms with Gasteiger partial charge in [0.15, 0.2) is 0 Å². The second-order valence-corrected chi connectivity index (χ2v) is 4.61. The summed E-state index contributed by atoms with van der Waals surface area (Å²) in [5.74, 6) is -0.0161. The third-order valence-corrected chi connectivity index (χ3v) is 3.17. The van der Waals surface area contributed by atoms with E-state index in [1.54, 1.807) is 7.05 Å². The predicted molar refractivity (Wildman–Crippen MR) is 73.8 cm³/mol. The number of hydrogen-bond acceptors (Lipinski definition) is 3. The van der Waals surface area contributed by atoms with E-state index in [1.165, 1.54) is 11.8 Å². The van der Waals surface area contributed by atoms with Gasteiger partial charge in [-0.25, -0.2) is 0 Å². The smallest absolute Gasteiger partial charge is 0.242 e. The number of amides is 2. The van der Waals surface area contributed by atoms with Crippen molar-refractivity contribution >= 4 is 24.2 Å². The van der Waals surface area contributed by atoms with E-state index in [-0.39, 0.29) is 30.8 Å². The molecule has 1 unspecified atom stereocenters. The van der Waals surface area contributed by atoms with Crippen molar-refractivity contribution in [3.05, 3.63) is 0 Å². The van der Waals surface area contributed by atoms with E-state index in [1.807, 2.05) is 4.90 Å². The standard InChI is InChI=1S/C12H23N3O2.ClH/c1-4-7-15(11-5-6-13-8-11)12(17)9-14(3)10(2)16;/h11,13H,4-9H2,1-3H3;1H. The van der Waals surface area contributed by atoms with Crippen molar-refractivity contribution in [2.75, 3.05) is 33.2 Å². The minimum atomic E-state index is -0.0701. The van der Waals surface area contributed by atoms with E-state index in [9.17, 15) is 9.59 Å². The molecule has 1 atom stereocenters. The first-order valence-corrected chi connectivity index (χ1v) is 6.28. The van der Waals surface area contributed by atoms with Crippen LogP contribution in [0.4, 0.5) is 0 Å². The van der Waals surface area contributed by atoms with Gasteiger partial charge in [0, 0.05) is 33.1 Å². The SMILES string of the molecule is CCCN(C(=O)CN(C)C(C)=O)C1CCNC1.Cl. The van der Waals surface area contributed by atoms with Crippen LogP contribution < -0.4 is 5.32 Å². The van der Waals surface area contributed by atoms with Crippen molar-refractivity contribution in [1.82, 2.24) is 15.1 Å². The van der Waals surface area contributed by atoms with E-state index in [0.717, 1.165) is 32.5 Å². The highest BCUT2D eigenvalue weighted by Crippen LogP contribution is 2.10. The fraction of sp³-hybridized carbons (Fsp3) is 0.833. The van der Waals surface area contributed by atoms with Crippen LogP contribution in [0.5, 0.6) is 0 Å². The van der Waals surface area contributed by atoms with Crippen LogP contribution >= 0.6 is 12.4 Å². The van der Waals surface area contributed by atoms with Crippen LogP contribution in [0.25, 0.3) is 0 Å². The Morgan fingerprint density at radius 3 is 2.50 bits per heavy atom. The summed E-state index contributed by atoms with van der Waals surface area (Å²) >= 11 is 0. The molecular weight excluding hydrogens is 254 g/mol. The van der Waals surface area contributed by atoms with Gasteiger partial charge in [0.25, 0.3) is 0 Å². The predicted octanol–water partition coefficient (Wildman–Crippen LogP) is 0.487. The van der Waals surface area contributed by atoms with Crippen molar-refractivity contribution in [2.45, 2.75) is 32.7 Å². The summed E-state index contributed by atoms with van der Waals surface area (Å²) in [6.45, 7) is 6.35. The number of hydrogen-bond donors (Lipinski definition) is 1. The van der Waals surface area contributed by atoms with Crippen LogP contribution in [0.15, 0.2) is 0 Å². The maximum absolute atomic E-state index is 12.1. The fourth-order valence-electron chi connectivity index (χ4n) is 2.06. The Morgan fingerprint density at radius 1 is 1.39 bits per heavy atom.